The largest absolute Gasteiger partial charge is 0.385 e. The van der Waals surface area contributed by atoms with Crippen molar-refractivity contribution >= 4 is 5.96 Å². The zero-order chi connectivity index (χ0) is 6.57. The van der Waals surface area contributed by atoms with E-state index in [-0.39, 0.29) is 11.8 Å². The molecule has 0 aromatic rings. The highest BCUT2D eigenvalue weighted by Gasteiger charge is 1.76. The van der Waals surface area contributed by atoms with Crippen molar-refractivity contribution in [1.29, 1.82) is 0 Å². The lowest BCUT2D eigenvalue weighted by molar-refractivity contribution is 0.870. The van der Waals surface area contributed by atoms with E-state index in [2.05, 4.69) is 17.1 Å². The smallest absolute Gasteiger partial charge is 0.208 e. The summed E-state index contributed by atoms with van der Waals surface area (Å²) in [5, 5.41) is 3.32. The van der Waals surface area contributed by atoms with Gasteiger partial charge in [0.2, 0.25) is 5.96 Å². The normalized spacial score (nSPS) is 7.50. The van der Waals surface area contributed by atoms with Gasteiger partial charge < -0.3 is 17.2 Å². The lowest BCUT2D eigenvalue weighted by atomic mass is 10.9. The van der Waals surface area contributed by atoms with E-state index in [9.17, 15) is 0 Å². The molecule has 0 unspecified atom stereocenters. The summed E-state index contributed by atoms with van der Waals surface area (Å²) in [6.07, 6.45) is 0. The van der Waals surface area contributed by atoms with Crippen molar-refractivity contribution < 1.29 is 0 Å². The molecule has 0 fully saturated rings. The Morgan fingerprint density at radius 3 is 2.00 bits per heavy atom. The van der Waals surface area contributed by atoms with Gasteiger partial charge >= 0.3 is 0 Å². The Kier molecular flexibility index (Phi) is 2.25. The highest BCUT2D eigenvalue weighted by molar-refractivity contribution is 5.75. The number of guanidine groups is 1. The minimum Gasteiger partial charge on any atom is -0.385 e. The average Bonchev–Trinajstić information content (AvgIpc) is 1.61. The molecule has 0 aromatic carbocycles. The summed E-state index contributed by atoms with van der Waals surface area (Å²) in [5.41, 5.74) is 17.1. The SMILES string of the molecule is C=C(N)NN=C(N)N. The Morgan fingerprint density at radius 1 is 1.38 bits per heavy atom. The van der Waals surface area contributed by atoms with Crippen molar-refractivity contribution in [1.82, 2.24) is 5.43 Å². The van der Waals surface area contributed by atoms with Crippen molar-refractivity contribution in [2.45, 2.75) is 0 Å². The average molecular weight is 115 g/mol. The van der Waals surface area contributed by atoms with Crippen molar-refractivity contribution in [3.63, 3.8) is 0 Å². The Morgan fingerprint density at radius 2 is 1.88 bits per heavy atom. The first-order valence-corrected chi connectivity index (χ1v) is 1.92. The van der Waals surface area contributed by atoms with Crippen LogP contribution in [-0.2, 0) is 0 Å². The molecule has 0 aromatic heterocycles. The standard InChI is InChI=1S/C3H9N5/c1-2(4)7-8-3(5)6/h7H,1,4H2,(H4,5,6,8). The molecule has 0 rings (SSSR count). The molecule has 46 valence electrons. The molecular weight excluding hydrogens is 106 g/mol. The zero-order valence-corrected chi connectivity index (χ0v) is 4.39. The Hall–Kier alpha value is -1.39. The summed E-state index contributed by atoms with van der Waals surface area (Å²) < 4.78 is 0. The molecule has 5 nitrogen and oxygen atoms in total. The summed E-state index contributed by atoms with van der Waals surface area (Å²) in [6.45, 7) is 3.28. The van der Waals surface area contributed by atoms with Crippen LogP contribution in [0.2, 0.25) is 0 Å². The van der Waals surface area contributed by atoms with E-state index < -0.39 is 0 Å². The monoisotopic (exact) mass is 115 g/mol. The molecule has 5 heteroatoms. The minimum atomic E-state index is -0.0726. The molecule has 0 amide bonds. The quantitative estimate of drug-likeness (QED) is 0.193. The number of nitrogens with one attached hydrogen (secondary N) is 1. The van der Waals surface area contributed by atoms with Crippen LogP contribution in [0.4, 0.5) is 0 Å². The second-order valence-electron chi connectivity index (χ2n) is 1.17. The third-order valence-corrected chi connectivity index (χ3v) is 0.329. The minimum absolute atomic E-state index is 0.0726. The van der Waals surface area contributed by atoms with Gasteiger partial charge in [0.1, 0.15) is 5.82 Å². The van der Waals surface area contributed by atoms with Crippen LogP contribution in [0.3, 0.4) is 0 Å². The second kappa shape index (κ2) is 2.73. The van der Waals surface area contributed by atoms with Crippen LogP contribution in [0.5, 0.6) is 0 Å². The summed E-state index contributed by atoms with van der Waals surface area (Å²) in [5.74, 6) is 0.134. The van der Waals surface area contributed by atoms with Crippen molar-refractivity contribution in [2.24, 2.45) is 22.3 Å². The highest BCUT2D eigenvalue weighted by atomic mass is 15.4. The van der Waals surface area contributed by atoms with Gasteiger partial charge in [0, 0.05) is 0 Å². The van der Waals surface area contributed by atoms with Crippen LogP contribution in [0.1, 0.15) is 0 Å². The third kappa shape index (κ3) is 4.61. The van der Waals surface area contributed by atoms with Gasteiger partial charge in [-0.25, -0.2) is 0 Å². The van der Waals surface area contributed by atoms with E-state index >= 15 is 0 Å². The van der Waals surface area contributed by atoms with Gasteiger partial charge in [-0.1, -0.05) is 6.58 Å². The maximum Gasteiger partial charge on any atom is 0.208 e. The molecule has 0 saturated carbocycles. The van der Waals surface area contributed by atoms with E-state index in [0.717, 1.165) is 0 Å². The van der Waals surface area contributed by atoms with Crippen molar-refractivity contribution in [2.75, 3.05) is 0 Å². The molecule has 0 aliphatic rings. The summed E-state index contributed by atoms with van der Waals surface area (Å²) in [6, 6.07) is 0. The number of nitrogens with two attached hydrogens (primary N) is 3. The summed E-state index contributed by atoms with van der Waals surface area (Å²) >= 11 is 0. The Bertz CT molecular complexity index is 111. The predicted octanol–water partition coefficient (Wildman–Crippen LogP) is -1.81. The molecule has 0 spiro atoms. The van der Waals surface area contributed by atoms with Gasteiger partial charge in [0.15, 0.2) is 0 Å². The number of hydrogen-bond acceptors (Lipinski definition) is 3. The zero-order valence-electron chi connectivity index (χ0n) is 4.39. The van der Waals surface area contributed by atoms with Crippen LogP contribution < -0.4 is 22.6 Å². The summed E-state index contributed by atoms with van der Waals surface area (Å²) in [4.78, 5) is 0. The van der Waals surface area contributed by atoms with Crippen LogP contribution in [-0.4, -0.2) is 5.96 Å². The summed E-state index contributed by atoms with van der Waals surface area (Å²) in [7, 11) is 0. The molecule has 0 bridgehead atoms. The van der Waals surface area contributed by atoms with Crippen LogP contribution in [0.25, 0.3) is 0 Å². The number of nitrogens with zero attached hydrogens (tertiary/aromatic N) is 1. The van der Waals surface area contributed by atoms with Gasteiger partial charge in [-0.05, 0) is 0 Å². The fourth-order valence-electron chi connectivity index (χ4n) is 0.136. The first-order valence-electron chi connectivity index (χ1n) is 1.92. The highest BCUT2D eigenvalue weighted by Crippen LogP contribution is 1.63. The molecular formula is C3H9N5. The molecule has 0 aliphatic heterocycles. The fraction of sp³-hybridized carbons (Fsp3) is 0. The van der Waals surface area contributed by atoms with Crippen molar-refractivity contribution in [3.05, 3.63) is 12.4 Å². The van der Waals surface area contributed by atoms with Gasteiger partial charge in [0.25, 0.3) is 0 Å². The van der Waals surface area contributed by atoms with E-state index in [4.69, 9.17) is 17.2 Å². The molecule has 8 heavy (non-hydrogen) atoms. The Balaban J connectivity index is 3.45. The third-order valence-electron chi connectivity index (χ3n) is 0.329. The Labute approximate surface area is 47.2 Å². The number of hydrogen-bond donors (Lipinski definition) is 4. The predicted molar refractivity (Wildman–Crippen MR) is 32.3 cm³/mol. The molecule has 0 saturated heterocycles. The molecule has 0 radical (unpaired) electrons. The van der Waals surface area contributed by atoms with E-state index in [1.165, 1.54) is 0 Å². The molecule has 7 N–H and O–H groups in total. The van der Waals surface area contributed by atoms with Gasteiger partial charge in [-0.15, -0.1) is 5.10 Å². The van der Waals surface area contributed by atoms with Gasteiger partial charge in [-0.3, -0.25) is 5.43 Å². The van der Waals surface area contributed by atoms with Gasteiger partial charge in [0.05, 0.1) is 0 Å². The van der Waals surface area contributed by atoms with Crippen molar-refractivity contribution in [3.8, 4) is 0 Å². The fourth-order valence-corrected chi connectivity index (χ4v) is 0.136. The lowest BCUT2D eigenvalue weighted by Crippen LogP contribution is -2.27. The molecule has 0 aliphatic carbocycles. The van der Waals surface area contributed by atoms with Crippen LogP contribution in [0.15, 0.2) is 17.5 Å². The van der Waals surface area contributed by atoms with E-state index in [1.54, 1.807) is 0 Å². The van der Waals surface area contributed by atoms with Gasteiger partial charge in [-0.2, -0.15) is 0 Å². The second-order valence-corrected chi connectivity index (χ2v) is 1.17. The molecule has 0 atom stereocenters. The van der Waals surface area contributed by atoms with Crippen LogP contribution >= 0.6 is 0 Å². The molecule has 0 heterocycles. The first kappa shape index (κ1) is 6.61. The number of hydrazone groups is 1. The van der Waals surface area contributed by atoms with Crippen LogP contribution in [0, 0.1) is 0 Å². The maximum absolute atomic E-state index is 5.02. The first-order chi connectivity index (χ1) is 3.63. The van der Waals surface area contributed by atoms with E-state index in [0.29, 0.717) is 0 Å². The number of rotatable bonds is 2. The maximum atomic E-state index is 5.02. The topological polar surface area (TPSA) is 102 Å². The van der Waals surface area contributed by atoms with E-state index in [1.807, 2.05) is 0 Å². The lowest BCUT2D eigenvalue weighted by Gasteiger charge is -1.94.